The first-order chi connectivity index (χ1) is 8.41. The van der Waals surface area contributed by atoms with Crippen LogP contribution in [0.3, 0.4) is 0 Å². The predicted octanol–water partition coefficient (Wildman–Crippen LogP) is 0.226. The lowest BCUT2D eigenvalue weighted by Gasteiger charge is -2.08. The molecule has 0 aliphatic carbocycles. The minimum atomic E-state index is -0.891. The summed E-state index contributed by atoms with van der Waals surface area (Å²) in [4.78, 5) is 33.5. The Bertz CT molecular complexity index is 507. The SMILES string of the molecule is CC(CCNC(=O)c1ccn(C)c(=O)c1)C(=O)O. The first-order valence-electron chi connectivity index (χ1n) is 5.59. The van der Waals surface area contributed by atoms with Crippen molar-refractivity contribution in [1.29, 1.82) is 0 Å². The van der Waals surface area contributed by atoms with Gasteiger partial charge in [0.25, 0.3) is 11.5 Å². The Kier molecular flexibility index (Phi) is 4.65. The zero-order valence-corrected chi connectivity index (χ0v) is 10.3. The minimum Gasteiger partial charge on any atom is -0.481 e. The molecule has 1 aromatic rings. The van der Waals surface area contributed by atoms with Gasteiger partial charge in [-0.05, 0) is 12.5 Å². The molecule has 0 saturated carbocycles. The number of hydrogen-bond acceptors (Lipinski definition) is 3. The van der Waals surface area contributed by atoms with Gasteiger partial charge in [0, 0.05) is 31.4 Å². The fraction of sp³-hybridized carbons (Fsp3) is 0.417. The van der Waals surface area contributed by atoms with E-state index in [-0.39, 0.29) is 23.6 Å². The molecule has 1 heterocycles. The highest BCUT2D eigenvalue weighted by molar-refractivity contribution is 5.93. The quantitative estimate of drug-likeness (QED) is 0.785. The molecule has 0 aliphatic rings. The summed E-state index contributed by atoms with van der Waals surface area (Å²) in [7, 11) is 1.60. The standard InChI is InChI=1S/C12H16N2O4/c1-8(12(17)18)3-5-13-11(16)9-4-6-14(2)10(15)7-9/h4,6-8H,3,5H2,1-2H3,(H,13,16)(H,17,18). The highest BCUT2D eigenvalue weighted by Crippen LogP contribution is 2.00. The van der Waals surface area contributed by atoms with Crippen molar-refractivity contribution in [2.45, 2.75) is 13.3 Å². The number of carboxylic acids is 1. The number of aryl methyl sites for hydroxylation is 1. The average Bonchev–Trinajstić information content (AvgIpc) is 2.32. The normalized spacial score (nSPS) is 11.9. The van der Waals surface area contributed by atoms with Crippen molar-refractivity contribution in [1.82, 2.24) is 9.88 Å². The Morgan fingerprint density at radius 2 is 2.17 bits per heavy atom. The number of amides is 1. The molecular weight excluding hydrogens is 236 g/mol. The Morgan fingerprint density at radius 3 is 2.72 bits per heavy atom. The van der Waals surface area contributed by atoms with Crippen molar-refractivity contribution in [3.05, 3.63) is 34.2 Å². The van der Waals surface area contributed by atoms with Crippen molar-refractivity contribution in [2.24, 2.45) is 13.0 Å². The number of rotatable bonds is 5. The van der Waals surface area contributed by atoms with Crippen LogP contribution in [0.2, 0.25) is 0 Å². The zero-order valence-electron chi connectivity index (χ0n) is 10.3. The van der Waals surface area contributed by atoms with Crippen LogP contribution in [0.1, 0.15) is 23.7 Å². The summed E-state index contributed by atoms with van der Waals surface area (Å²) in [6.45, 7) is 1.84. The van der Waals surface area contributed by atoms with E-state index in [0.29, 0.717) is 6.42 Å². The van der Waals surface area contributed by atoms with Crippen LogP contribution in [0.15, 0.2) is 23.1 Å². The number of pyridine rings is 1. The molecule has 18 heavy (non-hydrogen) atoms. The summed E-state index contributed by atoms with van der Waals surface area (Å²) in [6.07, 6.45) is 1.86. The summed E-state index contributed by atoms with van der Waals surface area (Å²) in [5.41, 5.74) is 0.0163. The summed E-state index contributed by atoms with van der Waals surface area (Å²) in [5, 5.41) is 11.3. The van der Waals surface area contributed by atoms with Gasteiger partial charge in [0.2, 0.25) is 0 Å². The Labute approximate surface area is 104 Å². The third-order valence-electron chi connectivity index (χ3n) is 2.65. The molecule has 0 fully saturated rings. The minimum absolute atomic E-state index is 0.262. The van der Waals surface area contributed by atoms with Crippen molar-refractivity contribution < 1.29 is 14.7 Å². The Morgan fingerprint density at radius 1 is 1.50 bits per heavy atom. The molecule has 1 aromatic heterocycles. The van der Waals surface area contributed by atoms with Crippen LogP contribution in [0.25, 0.3) is 0 Å². The van der Waals surface area contributed by atoms with Crippen LogP contribution in [0.5, 0.6) is 0 Å². The van der Waals surface area contributed by atoms with Gasteiger partial charge in [-0.3, -0.25) is 14.4 Å². The van der Waals surface area contributed by atoms with Gasteiger partial charge in [0.1, 0.15) is 0 Å². The first-order valence-corrected chi connectivity index (χ1v) is 5.59. The van der Waals surface area contributed by atoms with E-state index >= 15 is 0 Å². The maximum atomic E-state index is 11.7. The van der Waals surface area contributed by atoms with Crippen LogP contribution in [0, 0.1) is 5.92 Å². The van der Waals surface area contributed by atoms with Crippen LogP contribution >= 0.6 is 0 Å². The summed E-state index contributed by atoms with van der Waals surface area (Å²) < 4.78 is 1.36. The molecule has 1 atom stereocenters. The van der Waals surface area contributed by atoms with Gasteiger partial charge < -0.3 is 15.0 Å². The van der Waals surface area contributed by atoms with Crippen molar-refractivity contribution in [2.75, 3.05) is 6.54 Å². The molecule has 98 valence electrons. The van der Waals surface area contributed by atoms with Crippen molar-refractivity contribution >= 4 is 11.9 Å². The third kappa shape index (κ3) is 3.73. The second-order valence-corrected chi connectivity index (χ2v) is 4.15. The van der Waals surface area contributed by atoms with Gasteiger partial charge in [0.15, 0.2) is 0 Å². The molecule has 0 aromatic carbocycles. The van der Waals surface area contributed by atoms with Crippen LogP contribution in [-0.2, 0) is 11.8 Å². The molecule has 2 N–H and O–H groups in total. The molecule has 6 nitrogen and oxygen atoms in total. The van der Waals surface area contributed by atoms with Crippen molar-refractivity contribution in [3.63, 3.8) is 0 Å². The maximum absolute atomic E-state index is 11.7. The highest BCUT2D eigenvalue weighted by atomic mass is 16.4. The second kappa shape index (κ2) is 6.00. The van der Waals surface area contributed by atoms with E-state index in [4.69, 9.17) is 5.11 Å². The van der Waals surface area contributed by atoms with E-state index in [9.17, 15) is 14.4 Å². The monoisotopic (exact) mass is 252 g/mol. The molecule has 6 heteroatoms. The maximum Gasteiger partial charge on any atom is 0.306 e. The number of aromatic nitrogens is 1. The molecule has 1 unspecified atom stereocenters. The molecule has 0 bridgehead atoms. The van der Waals surface area contributed by atoms with Crippen LogP contribution in [0.4, 0.5) is 0 Å². The number of hydrogen-bond donors (Lipinski definition) is 2. The number of nitrogens with zero attached hydrogens (tertiary/aromatic N) is 1. The molecular formula is C12H16N2O4. The molecule has 0 aliphatic heterocycles. The fourth-order valence-corrected chi connectivity index (χ4v) is 1.32. The van der Waals surface area contributed by atoms with Gasteiger partial charge in [-0.1, -0.05) is 6.92 Å². The second-order valence-electron chi connectivity index (χ2n) is 4.15. The molecule has 0 spiro atoms. The van der Waals surface area contributed by atoms with Gasteiger partial charge in [-0.25, -0.2) is 0 Å². The fourth-order valence-electron chi connectivity index (χ4n) is 1.32. The highest BCUT2D eigenvalue weighted by Gasteiger charge is 2.11. The summed E-state index contributed by atoms with van der Waals surface area (Å²) in [6, 6.07) is 2.79. The van der Waals surface area contributed by atoms with E-state index in [1.54, 1.807) is 14.0 Å². The van der Waals surface area contributed by atoms with E-state index in [1.165, 1.54) is 22.9 Å². The van der Waals surface area contributed by atoms with Gasteiger partial charge in [0.05, 0.1) is 5.92 Å². The number of aliphatic carboxylic acids is 1. The smallest absolute Gasteiger partial charge is 0.306 e. The Balaban J connectivity index is 2.53. The lowest BCUT2D eigenvalue weighted by molar-refractivity contribution is -0.141. The van der Waals surface area contributed by atoms with E-state index in [2.05, 4.69) is 5.32 Å². The lowest BCUT2D eigenvalue weighted by atomic mass is 10.1. The predicted molar refractivity (Wildman–Crippen MR) is 65.4 cm³/mol. The number of carbonyl (C=O) groups excluding carboxylic acids is 1. The third-order valence-corrected chi connectivity index (χ3v) is 2.65. The first kappa shape index (κ1) is 14.0. The topological polar surface area (TPSA) is 88.4 Å². The van der Waals surface area contributed by atoms with Crippen molar-refractivity contribution in [3.8, 4) is 0 Å². The average molecular weight is 252 g/mol. The van der Waals surface area contributed by atoms with Gasteiger partial charge >= 0.3 is 5.97 Å². The number of nitrogens with one attached hydrogen (secondary N) is 1. The van der Waals surface area contributed by atoms with Gasteiger partial charge in [-0.15, -0.1) is 0 Å². The zero-order chi connectivity index (χ0) is 13.7. The number of carbonyl (C=O) groups is 2. The Hall–Kier alpha value is -2.11. The molecule has 1 amide bonds. The summed E-state index contributed by atoms with van der Waals surface area (Å²) in [5.74, 6) is -1.77. The van der Waals surface area contributed by atoms with E-state index < -0.39 is 11.9 Å². The largest absolute Gasteiger partial charge is 0.481 e. The molecule has 0 saturated heterocycles. The van der Waals surface area contributed by atoms with E-state index in [1.807, 2.05) is 0 Å². The van der Waals surface area contributed by atoms with Crippen LogP contribution < -0.4 is 10.9 Å². The van der Waals surface area contributed by atoms with Crippen LogP contribution in [-0.4, -0.2) is 28.1 Å². The van der Waals surface area contributed by atoms with Gasteiger partial charge in [-0.2, -0.15) is 0 Å². The molecule has 0 radical (unpaired) electrons. The molecule has 1 rings (SSSR count). The van der Waals surface area contributed by atoms with E-state index in [0.717, 1.165) is 0 Å². The number of carboxylic acid groups (broad SMARTS) is 1. The summed E-state index contributed by atoms with van der Waals surface area (Å²) >= 11 is 0. The lowest BCUT2D eigenvalue weighted by Crippen LogP contribution is -2.28.